The average Bonchev–Trinajstić information content (AvgIpc) is 2.35. The van der Waals surface area contributed by atoms with Crippen LogP contribution < -0.4 is 10.5 Å². The summed E-state index contributed by atoms with van der Waals surface area (Å²) in [5.41, 5.74) is 5.94. The molecule has 1 aromatic carbocycles. The Hall–Kier alpha value is -1.75. The number of nitrogens with two attached hydrogens (primary N) is 1. The molecule has 1 saturated heterocycles. The number of hydrogen-bond acceptors (Lipinski definition) is 4. The van der Waals surface area contributed by atoms with Crippen LogP contribution in [0.1, 0.15) is 30.1 Å². The van der Waals surface area contributed by atoms with Gasteiger partial charge in [0, 0.05) is 30.4 Å². The molecule has 0 saturated carbocycles. The Morgan fingerprint density at radius 3 is 2.84 bits per heavy atom. The number of rotatable bonds is 2. The third-order valence-electron chi connectivity index (χ3n) is 3.37. The van der Waals surface area contributed by atoms with Crippen molar-refractivity contribution in [3.8, 4) is 5.75 Å². The number of aliphatic hydroxyl groups is 1. The largest absolute Gasteiger partial charge is 0.497 e. The Balaban J connectivity index is 2.21. The molecule has 1 unspecified atom stereocenters. The maximum Gasteiger partial charge on any atom is 0.254 e. The normalized spacial score (nSPS) is 23.2. The van der Waals surface area contributed by atoms with Gasteiger partial charge in [-0.3, -0.25) is 4.79 Å². The van der Waals surface area contributed by atoms with Gasteiger partial charge in [-0.2, -0.15) is 0 Å². The second kappa shape index (κ2) is 5.09. The fraction of sp³-hybridized carbons (Fsp3) is 0.500. The Morgan fingerprint density at radius 2 is 2.21 bits per heavy atom. The van der Waals surface area contributed by atoms with Gasteiger partial charge in [0.25, 0.3) is 5.91 Å². The third kappa shape index (κ3) is 3.17. The van der Waals surface area contributed by atoms with Gasteiger partial charge in [-0.05, 0) is 31.9 Å². The van der Waals surface area contributed by atoms with Gasteiger partial charge in [0.2, 0.25) is 0 Å². The molecule has 1 amide bonds. The number of anilines is 1. The lowest BCUT2D eigenvalue weighted by molar-refractivity contribution is -0.0107. The summed E-state index contributed by atoms with van der Waals surface area (Å²) in [4.78, 5) is 14.1. The summed E-state index contributed by atoms with van der Waals surface area (Å²) in [5.74, 6) is 0.442. The van der Waals surface area contributed by atoms with Crippen molar-refractivity contribution in [3.05, 3.63) is 23.8 Å². The lowest BCUT2D eigenvalue weighted by Gasteiger charge is -2.36. The molecular weight excluding hydrogens is 244 g/mol. The van der Waals surface area contributed by atoms with E-state index in [1.165, 1.54) is 7.11 Å². The van der Waals surface area contributed by atoms with E-state index in [1.54, 1.807) is 30.0 Å². The van der Waals surface area contributed by atoms with Gasteiger partial charge >= 0.3 is 0 Å². The van der Waals surface area contributed by atoms with E-state index in [0.29, 0.717) is 30.1 Å². The van der Waals surface area contributed by atoms with Gasteiger partial charge in [-0.15, -0.1) is 0 Å². The molecule has 1 aromatic rings. The van der Waals surface area contributed by atoms with E-state index >= 15 is 0 Å². The number of likely N-dealkylation sites (tertiary alicyclic amines) is 1. The number of carbonyl (C=O) groups is 1. The van der Waals surface area contributed by atoms with Crippen molar-refractivity contribution in [1.82, 2.24) is 4.90 Å². The fourth-order valence-corrected chi connectivity index (χ4v) is 2.44. The fourth-order valence-electron chi connectivity index (χ4n) is 2.44. The highest BCUT2D eigenvalue weighted by atomic mass is 16.5. The average molecular weight is 264 g/mol. The molecule has 0 radical (unpaired) electrons. The van der Waals surface area contributed by atoms with Crippen molar-refractivity contribution in [3.63, 3.8) is 0 Å². The highest BCUT2D eigenvalue weighted by Crippen LogP contribution is 2.24. The van der Waals surface area contributed by atoms with E-state index in [0.717, 1.165) is 12.8 Å². The molecule has 1 fully saturated rings. The highest BCUT2D eigenvalue weighted by Gasteiger charge is 2.31. The molecule has 0 spiro atoms. The van der Waals surface area contributed by atoms with E-state index in [-0.39, 0.29) is 5.91 Å². The summed E-state index contributed by atoms with van der Waals surface area (Å²) in [6, 6.07) is 4.97. The first kappa shape index (κ1) is 13.7. The molecular formula is C14H20N2O3. The van der Waals surface area contributed by atoms with Crippen molar-refractivity contribution < 1.29 is 14.6 Å². The van der Waals surface area contributed by atoms with Gasteiger partial charge < -0.3 is 20.5 Å². The number of benzene rings is 1. The molecule has 0 bridgehead atoms. The van der Waals surface area contributed by atoms with E-state index < -0.39 is 5.60 Å². The number of nitrogen functional groups attached to an aromatic ring is 1. The van der Waals surface area contributed by atoms with Crippen LogP contribution in [0.3, 0.4) is 0 Å². The van der Waals surface area contributed by atoms with E-state index in [9.17, 15) is 9.90 Å². The van der Waals surface area contributed by atoms with Gasteiger partial charge in [0.15, 0.2) is 0 Å². The minimum atomic E-state index is -0.807. The maximum atomic E-state index is 12.4. The number of carbonyl (C=O) groups excluding carboxylic acids is 1. The molecule has 5 heteroatoms. The number of methoxy groups -OCH3 is 1. The van der Waals surface area contributed by atoms with E-state index in [2.05, 4.69) is 0 Å². The van der Waals surface area contributed by atoms with Crippen LogP contribution >= 0.6 is 0 Å². The minimum absolute atomic E-state index is 0.120. The number of ether oxygens (including phenoxy) is 1. The van der Waals surface area contributed by atoms with Crippen LogP contribution in [0, 0.1) is 0 Å². The van der Waals surface area contributed by atoms with Crippen molar-refractivity contribution in [2.75, 3.05) is 25.9 Å². The standard InChI is InChI=1S/C14H20N2O3/c1-14(18)4-3-5-16(9-14)13(17)10-6-11(15)8-12(7-10)19-2/h6-8,18H,3-5,9,15H2,1-2H3. The topological polar surface area (TPSA) is 75.8 Å². The summed E-state index contributed by atoms with van der Waals surface area (Å²) in [6.07, 6.45) is 1.52. The number of amides is 1. The summed E-state index contributed by atoms with van der Waals surface area (Å²) < 4.78 is 5.11. The molecule has 104 valence electrons. The lowest BCUT2D eigenvalue weighted by Crippen LogP contribution is -2.48. The van der Waals surface area contributed by atoms with Gasteiger partial charge in [-0.1, -0.05) is 0 Å². The van der Waals surface area contributed by atoms with E-state index in [4.69, 9.17) is 10.5 Å². The van der Waals surface area contributed by atoms with Crippen LogP contribution in [0.4, 0.5) is 5.69 Å². The lowest BCUT2D eigenvalue weighted by atomic mass is 9.94. The Morgan fingerprint density at radius 1 is 1.47 bits per heavy atom. The first-order valence-electron chi connectivity index (χ1n) is 6.37. The second-order valence-corrected chi connectivity index (χ2v) is 5.32. The SMILES string of the molecule is COc1cc(N)cc(C(=O)N2CCCC(C)(O)C2)c1. The zero-order chi connectivity index (χ0) is 14.0. The third-order valence-corrected chi connectivity index (χ3v) is 3.37. The summed E-state index contributed by atoms with van der Waals surface area (Å²) in [5, 5.41) is 10.1. The quantitative estimate of drug-likeness (QED) is 0.789. The predicted molar refractivity (Wildman–Crippen MR) is 73.2 cm³/mol. The molecule has 0 aromatic heterocycles. The molecule has 19 heavy (non-hydrogen) atoms. The van der Waals surface area contributed by atoms with Crippen LogP contribution in [0.15, 0.2) is 18.2 Å². The Labute approximate surface area is 113 Å². The smallest absolute Gasteiger partial charge is 0.254 e. The Bertz CT molecular complexity index is 486. The summed E-state index contributed by atoms with van der Waals surface area (Å²) in [7, 11) is 1.54. The van der Waals surface area contributed by atoms with Crippen LogP contribution in [0.2, 0.25) is 0 Å². The number of nitrogens with zero attached hydrogens (tertiary/aromatic N) is 1. The first-order chi connectivity index (χ1) is 8.91. The molecule has 0 aliphatic carbocycles. The van der Waals surface area contributed by atoms with Gasteiger partial charge in [0.1, 0.15) is 5.75 Å². The second-order valence-electron chi connectivity index (χ2n) is 5.32. The molecule has 1 aliphatic heterocycles. The summed E-state index contributed by atoms with van der Waals surface area (Å²) in [6.45, 7) is 2.77. The van der Waals surface area contributed by atoms with Crippen molar-refractivity contribution >= 4 is 11.6 Å². The van der Waals surface area contributed by atoms with Crippen LogP contribution in [-0.2, 0) is 0 Å². The maximum absolute atomic E-state index is 12.4. The molecule has 3 N–H and O–H groups in total. The zero-order valence-corrected chi connectivity index (χ0v) is 11.3. The first-order valence-corrected chi connectivity index (χ1v) is 6.37. The number of hydrogen-bond donors (Lipinski definition) is 2. The molecule has 1 heterocycles. The van der Waals surface area contributed by atoms with Crippen LogP contribution in [0.25, 0.3) is 0 Å². The monoisotopic (exact) mass is 264 g/mol. The van der Waals surface area contributed by atoms with Crippen molar-refractivity contribution in [1.29, 1.82) is 0 Å². The molecule has 1 atom stereocenters. The van der Waals surface area contributed by atoms with Gasteiger partial charge in [-0.25, -0.2) is 0 Å². The number of β-amino-alcohol motifs (C(OH)–C–C–N with tert-alkyl or cyclic N) is 1. The highest BCUT2D eigenvalue weighted by molar-refractivity contribution is 5.95. The molecule has 5 nitrogen and oxygen atoms in total. The van der Waals surface area contributed by atoms with Crippen LogP contribution in [0.5, 0.6) is 5.75 Å². The minimum Gasteiger partial charge on any atom is -0.497 e. The van der Waals surface area contributed by atoms with Crippen LogP contribution in [-0.4, -0.2) is 41.7 Å². The number of piperidine rings is 1. The van der Waals surface area contributed by atoms with Crippen molar-refractivity contribution in [2.45, 2.75) is 25.4 Å². The van der Waals surface area contributed by atoms with Crippen molar-refractivity contribution in [2.24, 2.45) is 0 Å². The molecule has 1 aliphatic rings. The zero-order valence-electron chi connectivity index (χ0n) is 11.3. The summed E-state index contributed by atoms with van der Waals surface area (Å²) >= 11 is 0. The van der Waals surface area contributed by atoms with E-state index in [1.807, 2.05) is 0 Å². The van der Waals surface area contributed by atoms with Gasteiger partial charge in [0.05, 0.1) is 12.7 Å². The Kier molecular flexibility index (Phi) is 3.66. The molecule has 2 rings (SSSR count). The predicted octanol–water partition coefficient (Wildman–Crippen LogP) is 1.26.